The molecule has 0 aromatic heterocycles. The molecule has 0 amide bonds. The lowest BCUT2D eigenvalue weighted by atomic mass is 10.2. The standard InChI is InChI=1S/C9H18N2OS/c1-7(8(6-12)13-2)11-9-4-3-5-10-9/h7-8,12H,3-6H2,1-2H3,(H,10,11). The van der Waals surface area contributed by atoms with E-state index in [0.717, 1.165) is 25.2 Å². The molecule has 0 saturated carbocycles. The Morgan fingerprint density at radius 2 is 2.46 bits per heavy atom. The zero-order valence-corrected chi connectivity index (χ0v) is 9.10. The van der Waals surface area contributed by atoms with Crippen LogP contribution in [0.25, 0.3) is 0 Å². The molecule has 3 nitrogen and oxygen atoms in total. The molecule has 2 unspecified atom stereocenters. The van der Waals surface area contributed by atoms with Crippen molar-refractivity contribution in [2.45, 2.75) is 31.1 Å². The number of thioether (sulfide) groups is 1. The normalized spacial score (nSPS) is 21.0. The number of aliphatic hydroxyl groups excluding tert-OH is 1. The number of hydrogen-bond donors (Lipinski definition) is 2. The molecule has 0 spiro atoms. The van der Waals surface area contributed by atoms with Gasteiger partial charge in [-0.1, -0.05) is 0 Å². The Morgan fingerprint density at radius 1 is 1.69 bits per heavy atom. The fourth-order valence-electron chi connectivity index (χ4n) is 1.45. The highest BCUT2D eigenvalue weighted by molar-refractivity contribution is 7.99. The van der Waals surface area contributed by atoms with Gasteiger partial charge in [0.1, 0.15) is 0 Å². The molecule has 1 rings (SSSR count). The van der Waals surface area contributed by atoms with Gasteiger partial charge in [0.05, 0.1) is 12.4 Å². The average Bonchev–Trinajstić information content (AvgIpc) is 2.59. The van der Waals surface area contributed by atoms with E-state index in [0.29, 0.717) is 6.04 Å². The maximum absolute atomic E-state index is 9.07. The molecule has 0 fully saturated rings. The number of amidine groups is 1. The molecular weight excluding hydrogens is 184 g/mol. The van der Waals surface area contributed by atoms with Gasteiger partial charge in [-0.25, -0.2) is 0 Å². The topological polar surface area (TPSA) is 44.6 Å². The van der Waals surface area contributed by atoms with Gasteiger partial charge in [-0.05, 0) is 19.6 Å². The second-order valence-corrected chi connectivity index (χ2v) is 4.40. The van der Waals surface area contributed by atoms with Crippen molar-refractivity contribution in [1.29, 1.82) is 0 Å². The zero-order valence-electron chi connectivity index (χ0n) is 8.29. The first kappa shape index (κ1) is 10.9. The molecule has 1 aliphatic rings. The third kappa shape index (κ3) is 3.19. The first-order valence-electron chi connectivity index (χ1n) is 4.71. The van der Waals surface area contributed by atoms with Crippen molar-refractivity contribution >= 4 is 17.6 Å². The van der Waals surface area contributed by atoms with Gasteiger partial charge in [-0.15, -0.1) is 0 Å². The van der Waals surface area contributed by atoms with Gasteiger partial charge in [0.2, 0.25) is 0 Å². The van der Waals surface area contributed by atoms with Crippen LogP contribution in [-0.4, -0.2) is 41.6 Å². The van der Waals surface area contributed by atoms with Gasteiger partial charge in [0.15, 0.2) is 0 Å². The van der Waals surface area contributed by atoms with Gasteiger partial charge in [-0.2, -0.15) is 11.8 Å². The highest BCUT2D eigenvalue weighted by Gasteiger charge is 2.17. The van der Waals surface area contributed by atoms with Crippen LogP contribution in [0.3, 0.4) is 0 Å². The van der Waals surface area contributed by atoms with Crippen LogP contribution in [0, 0.1) is 0 Å². The SMILES string of the molecule is CSC(CO)C(C)NC1=NCCC1. The van der Waals surface area contributed by atoms with Gasteiger partial charge >= 0.3 is 0 Å². The summed E-state index contributed by atoms with van der Waals surface area (Å²) in [4.78, 5) is 4.34. The second-order valence-electron chi connectivity index (χ2n) is 3.32. The third-order valence-electron chi connectivity index (χ3n) is 2.31. The Kier molecular flexibility index (Phi) is 4.59. The summed E-state index contributed by atoms with van der Waals surface area (Å²) < 4.78 is 0. The van der Waals surface area contributed by atoms with Crippen LogP contribution in [0.4, 0.5) is 0 Å². The summed E-state index contributed by atoms with van der Waals surface area (Å²) in [7, 11) is 0. The lowest BCUT2D eigenvalue weighted by molar-refractivity contribution is 0.281. The van der Waals surface area contributed by atoms with Crippen LogP contribution < -0.4 is 5.32 Å². The van der Waals surface area contributed by atoms with Crippen molar-refractivity contribution in [1.82, 2.24) is 5.32 Å². The largest absolute Gasteiger partial charge is 0.395 e. The van der Waals surface area contributed by atoms with Gasteiger partial charge in [0, 0.05) is 24.3 Å². The number of hydrogen-bond acceptors (Lipinski definition) is 4. The minimum atomic E-state index is 0.225. The summed E-state index contributed by atoms with van der Waals surface area (Å²) in [6.07, 6.45) is 4.25. The second kappa shape index (κ2) is 5.50. The monoisotopic (exact) mass is 202 g/mol. The van der Waals surface area contributed by atoms with Crippen molar-refractivity contribution in [3.05, 3.63) is 0 Å². The predicted molar refractivity (Wildman–Crippen MR) is 58.5 cm³/mol. The maximum atomic E-state index is 9.07. The van der Waals surface area contributed by atoms with Crippen molar-refractivity contribution in [2.24, 2.45) is 4.99 Å². The van der Waals surface area contributed by atoms with Gasteiger partial charge < -0.3 is 10.4 Å². The zero-order chi connectivity index (χ0) is 9.68. The van der Waals surface area contributed by atoms with E-state index in [1.807, 2.05) is 6.26 Å². The minimum absolute atomic E-state index is 0.225. The number of nitrogens with zero attached hydrogens (tertiary/aromatic N) is 1. The molecule has 2 atom stereocenters. The molecule has 76 valence electrons. The van der Waals surface area contributed by atoms with Crippen LogP contribution >= 0.6 is 11.8 Å². The number of aliphatic hydroxyl groups is 1. The van der Waals surface area contributed by atoms with Crippen LogP contribution in [-0.2, 0) is 0 Å². The summed E-state index contributed by atoms with van der Waals surface area (Å²) in [6.45, 7) is 3.28. The third-order valence-corrected chi connectivity index (χ3v) is 3.47. The van der Waals surface area contributed by atoms with Crippen LogP contribution in [0.15, 0.2) is 4.99 Å². The van der Waals surface area contributed by atoms with E-state index in [4.69, 9.17) is 5.11 Å². The lowest BCUT2D eigenvalue weighted by Gasteiger charge is -2.22. The predicted octanol–water partition coefficient (Wildman–Crippen LogP) is 0.881. The van der Waals surface area contributed by atoms with Crippen LogP contribution in [0.5, 0.6) is 0 Å². The van der Waals surface area contributed by atoms with E-state index in [-0.39, 0.29) is 11.9 Å². The highest BCUT2D eigenvalue weighted by Crippen LogP contribution is 2.11. The summed E-state index contributed by atoms with van der Waals surface area (Å²) in [5, 5.41) is 12.7. The molecular formula is C9H18N2OS. The molecule has 0 aromatic rings. The summed E-state index contributed by atoms with van der Waals surface area (Å²) in [5.74, 6) is 1.11. The Labute approximate surface area is 84.0 Å². The van der Waals surface area contributed by atoms with E-state index in [1.165, 1.54) is 0 Å². The molecule has 0 aromatic carbocycles. The molecule has 0 saturated heterocycles. The molecule has 0 radical (unpaired) electrons. The van der Waals surface area contributed by atoms with Gasteiger partial charge in [-0.3, -0.25) is 4.99 Å². The Bertz CT molecular complexity index is 180. The number of rotatable bonds is 4. The van der Waals surface area contributed by atoms with E-state index in [2.05, 4.69) is 17.2 Å². The minimum Gasteiger partial charge on any atom is -0.395 e. The molecule has 0 aliphatic carbocycles. The smallest absolute Gasteiger partial charge is 0.0966 e. The molecule has 1 heterocycles. The maximum Gasteiger partial charge on any atom is 0.0966 e. The van der Waals surface area contributed by atoms with Crippen molar-refractivity contribution < 1.29 is 5.11 Å². The fraction of sp³-hybridized carbons (Fsp3) is 0.889. The van der Waals surface area contributed by atoms with Crippen molar-refractivity contribution in [3.63, 3.8) is 0 Å². The Balaban J connectivity index is 2.34. The lowest BCUT2D eigenvalue weighted by Crippen LogP contribution is -2.40. The van der Waals surface area contributed by atoms with Crippen molar-refractivity contribution in [2.75, 3.05) is 19.4 Å². The summed E-state index contributed by atoms with van der Waals surface area (Å²) in [5.41, 5.74) is 0. The average molecular weight is 202 g/mol. The molecule has 0 bridgehead atoms. The molecule has 4 heteroatoms. The Morgan fingerprint density at radius 3 is 2.92 bits per heavy atom. The fourth-order valence-corrected chi connectivity index (χ4v) is 2.08. The Hall–Kier alpha value is -0.220. The molecule has 1 aliphatic heterocycles. The van der Waals surface area contributed by atoms with E-state index >= 15 is 0 Å². The number of aliphatic imine (C=N–C) groups is 1. The first-order chi connectivity index (χ1) is 6.27. The van der Waals surface area contributed by atoms with Crippen molar-refractivity contribution in [3.8, 4) is 0 Å². The summed E-state index contributed by atoms with van der Waals surface area (Å²) >= 11 is 1.69. The van der Waals surface area contributed by atoms with E-state index in [9.17, 15) is 0 Å². The highest BCUT2D eigenvalue weighted by atomic mass is 32.2. The summed E-state index contributed by atoms with van der Waals surface area (Å²) in [6, 6.07) is 0.303. The first-order valence-corrected chi connectivity index (χ1v) is 6.00. The van der Waals surface area contributed by atoms with E-state index < -0.39 is 0 Å². The quantitative estimate of drug-likeness (QED) is 0.711. The molecule has 2 N–H and O–H groups in total. The van der Waals surface area contributed by atoms with Gasteiger partial charge in [0.25, 0.3) is 0 Å². The molecule has 13 heavy (non-hydrogen) atoms. The number of nitrogens with one attached hydrogen (secondary N) is 1. The van der Waals surface area contributed by atoms with Crippen LogP contribution in [0.1, 0.15) is 19.8 Å². The van der Waals surface area contributed by atoms with E-state index in [1.54, 1.807) is 11.8 Å². The van der Waals surface area contributed by atoms with Crippen LogP contribution in [0.2, 0.25) is 0 Å².